The molecule has 1 aliphatic heterocycles. The summed E-state index contributed by atoms with van der Waals surface area (Å²) in [7, 11) is 0. The predicted octanol–water partition coefficient (Wildman–Crippen LogP) is 5.26. The largest absolute Gasteiger partial charge is 0.392 e. The maximum absolute atomic E-state index is 13.5. The lowest BCUT2D eigenvalue weighted by molar-refractivity contribution is 0.103. The Kier molecular flexibility index (Phi) is 9.47. The zero-order valence-electron chi connectivity index (χ0n) is 22.0. The van der Waals surface area contributed by atoms with Crippen LogP contribution in [0.15, 0.2) is 42.5 Å². The minimum atomic E-state index is -0.705. The SMILES string of the molecule is CCCNC(=O)N1CCCC(NCC(O)CCc2cc(F)cc(F)c2)(c2cccc(C(C)(C)C)c2)C1. The number of rotatable bonds is 9. The maximum Gasteiger partial charge on any atom is 0.317 e. The van der Waals surface area contributed by atoms with Gasteiger partial charge in [-0.2, -0.15) is 0 Å². The number of carbonyl (C=O) groups excluding carboxylic acids is 1. The van der Waals surface area contributed by atoms with Crippen molar-refractivity contribution in [2.24, 2.45) is 0 Å². The predicted molar refractivity (Wildman–Crippen MR) is 140 cm³/mol. The average Bonchev–Trinajstić information content (AvgIpc) is 2.84. The molecule has 3 rings (SSSR count). The summed E-state index contributed by atoms with van der Waals surface area (Å²) in [6.45, 7) is 10.7. The number of urea groups is 1. The van der Waals surface area contributed by atoms with Gasteiger partial charge < -0.3 is 20.6 Å². The molecule has 198 valence electrons. The van der Waals surface area contributed by atoms with Crippen LogP contribution in [0.25, 0.3) is 0 Å². The molecule has 2 amide bonds. The Hall–Kier alpha value is -2.51. The summed E-state index contributed by atoms with van der Waals surface area (Å²) < 4.78 is 27.1. The first-order valence-electron chi connectivity index (χ1n) is 13.0. The number of nitrogens with one attached hydrogen (secondary N) is 2. The monoisotopic (exact) mass is 501 g/mol. The molecule has 2 aromatic rings. The van der Waals surface area contributed by atoms with Crippen molar-refractivity contribution in [1.29, 1.82) is 0 Å². The van der Waals surface area contributed by atoms with Crippen molar-refractivity contribution in [3.63, 3.8) is 0 Å². The van der Waals surface area contributed by atoms with E-state index in [1.165, 1.54) is 17.7 Å². The number of amides is 2. The van der Waals surface area contributed by atoms with Gasteiger partial charge in [0.2, 0.25) is 0 Å². The Morgan fingerprint density at radius 2 is 1.89 bits per heavy atom. The lowest BCUT2D eigenvalue weighted by Crippen LogP contribution is -2.58. The van der Waals surface area contributed by atoms with Crippen molar-refractivity contribution in [3.8, 4) is 0 Å². The first-order valence-corrected chi connectivity index (χ1v) is 13.0. The Morgan fingerprint density at radius 1 is 1.17 bits per heavy atom. The highest BCUT2D eigenvalue weighted by atomic mass is 19.1. The lowest BCUT2D eigenvalue weighted by Gasteiger charge is -2.44. The third kappa shape index (κ3) is 7.50. The van der Waals surface area contributed by atoms with Gasteiger partial charge in [-0.1, -0.05) is 52.0 Å². The fourth-order valence-corrected chi connectivity index (χ4v) is 4.84. The van der Waals surface area contributed by atoms with Gasteiger partial charge in [0.25, 0.3) is 0 Å². The van der Waals surface area contributed by atoms with Crippen molar-refractivity contribution in [2.45, 2.75) is 76.9 Å². The van der Waals surface area contributed by atoms with E-state index < -0.39 is 23.3 Å². The van der Waals surface area contributed by atoms with Crippen LogP contribution in [0.1, 0.15) is 70.1 Å². The quantitative estimate of drug-likeness (QED) is 0.439. The first-order chi connectivity index (χ1) is 17.0. The van der Waals surface area contributed by atoms with Gasteiger partial charge in [-0.05, 0) is 66.3 Å². The third-order valence-electron chi connectivity index (χ3n) is 6.95. The fraction of sp³-hybridized carbons (Fsp3) is 0.552. The van der Waals surface area contributed by atoms with Crippen molar-refractivity contribution in [1.82, 2.24) is 15.5 Å². The highest BCUT2D eigenvalue weighted by molar-refractivity contribution is 5.74. The molecule has 1 saturated heterocycles. The lowest BCUT2D eigenvalue weighted by atomic mass is 9.78. The van der Waals surface area contributed by atoms with Crippen LogP contribution in [0.5, 0.6) is 0 Å². The second-order valence-electron chi connectivity index (χ2n) is 11.0. The Labute approximate surface area is 214 Å². The second kappa shape index (κ2) is 12.2. The van der Waals surface area contributed by atoms with E-state index >= 15 is 0 Å². The molecular weight excluding hydrogens is 460 g/mol. The normalized spacial score (nSPS) is 19.2. The van der Waals surface area contributed by atoms with E-state index in [4.69, 9.17) is 0 Å². The molecule has 0 bridgehead atoms. The number of benzene rings is 2. The van der Waals surface area contributed by atoms with Gasteiger partial charge >= 0.3 is 6.03 Å². The second-order valence-corrected chi connectivity index (χ2v) is 11.0. The summed E-state index contributed by atoms with van der Waals surface area (Å²) in [6.07, 6.45) is 2.58. The molecule has 0 aromatic heterocycles. The molecule has 0 aliphatic carbocycles. The number of aryl methyl sites for hydroxylation is 1. The number of likely N-dealkylation sites (tertiary alicyclic amines) is 1. The molecule has 1 aliphatic rings. The maximum atomic E-state index is 13.5. The van der Waals surface area contributed by atoms with Gasteiger partial charge in [0.05, 0.1) is 11.6 Å². The molecular formula is C29H41F2N3O2. The van der Waals surface area contributed by atoms with Crippen LogP contribution in [0, 0.1) is 11.6 Å². The van der Waals surface area contributed by atoms with Crippen LogP contribution in [-0.4, -0.2) is 48.3 Å². The standard InChI is InChI=1S/C29H41F2N3O2/c1-5-13-32-27(36)34-14-7-12-29(20-34,23-9-6-8-22(17-23)28(2,3)4)33-19-26(35)11-10-21-15-24(30)18-25(31)16-21/h6,8-9,15-18,26,33,35H,5,7,10-14,19-20H2,1-4H3,(H,32,36). The molecule has 1 heterocycles. The molecule has 0 spiro atoms. The number of piperidine rings is 1. The van der Waals surface area contributed by atoms with Crippen LogP contribution in [0.3, 0.4) is 0 Å². The number of hydrogen-bond acceptors (Lipinski definition) is 3. The van der Waals surface area contributed by atoms with Gasteiger partial charge in [-0.15, -0.1) is 0 Å². The molecule has 3 N–H and O–H groups in total. The zero-order valence-corrected chi connectivity index (χ0v) is 22.0. The molecule has 0 radical (unpaired) electrons. The van der Waals surface area contributed by atoms with Crippen molar-refractivity contribution in [2.75, 3.05) is 26.2 Å². The number of carbonyl (C=O) groups is 1. The minimum absolute atomic E-state index is 0.0240. The van der Waals surface area contributed by atoms with Gasteiger partial charge in [0.15, 0.2) is 0 Å². The summed E-state index contributed by atoms with van der Waals surface area (Å²) >= 11 is 0. The highest BCUT2D eigenvalue weighted by Gasteiger charge is 2.39. The zero-order chi connectivity index (χ0) is 26.3. The van der Waals surface area contributed by atoms with Crippen molar-refractivity contribution in [3.05, 3.63) is 70.8 Å². The Bertz CT molecular complexity index is 1000. The fourth-order valence-electron chi connectivity index (χ4n) is 4.84. The summed E-state index contributed by atoms with van der Waals surface area (Å²) in [5, 5.41) is 17.4. The molecule has 2 aromatic carbocycles. The smallest absolute Gasteiger partial charge is 0.317 e. The molecule has 36 heavy (non-hydrogen) atoms. The van der Waals surface area contributed by atoms with Crippen molar-refractivity contribution < 1.29 is 18.7 Å². The van der Waals surface area contributed by atoms with Gasteiger partial charge in [0, 0.05) is 32.2 Å². The van der Waals surface area contributed by atoms with Crippen molar-refractivity contribution >= 4 is 6.03 Å². The molecule has 0 saturated carbocycles. The molecule has 7 heteroatoms. The number of hydrogen-bond donors (Lipinski definition) is 3. The minimum Gasteiger partial charge on any atom is -0.392 e. The summed E-state index contributed by atoms with van der Waals surface area (Å²) in [4.78, 5) is 14.7. The van der Waals surface area contributed by atoms with Gasteiger partial charge in [-0.25, -0.2) is 13.6 Å². The Balaban J connectivity index is 1.78. The topological polar surface area (TPSA) is 64.6 Å². The van der Waals surface area contributed by atoms with Gasteiger partial charge in [0.1, 0.15) is 11.6 Å². The van der Waals surface area contributed by atoms with Crippen LogP contribution in [0.4, 0.5) is 13.6 Å². The van der Waals surface area contributed by atoms with E-state index in [-0.39, 0.29) is 11.4 Å². The van der Waals surface area contributed by atoms with Crippen LogP contribution >= 0.6 is 0 Å². The number of aliphatic hydroxyl groups is 1. The van der Waals surface area contributed by atoms with Crippen LogP contribution in [-0.2, 0) is 17.4 Å². The summed E-state index contributed by atoms with van der Waals surface area (Å²) in [5.74, 6) is -1.22. The third-order valence-corrected chi connectivity index (χ3v) is 6.95. The summed E-state index contributed by atoms with van der Waals surface area (Å²) in [6, 6.07) is 11.9. The van der Waals surface area contributed by atoms with E-state index in [0.717, 1.165) is 30.9 Å². The molecule has 2 unspecified atom stereocenters. The molecule has 2 atom stereocenters. The summed E-state index contributed by atoms with van der Waals surface area (Å²) in [5.41, 5.74) is 2.30. The van der Waals surface area contributed by atoms with E-state index in [0.29, 0.717) is 44.6 Å². The van der Waals surface area contributed by atoms with E-state index in [2.05, 4.69) is 55.7 Å². The first kappa shape index (κ1) is 28.1. The Morgan fingerprint density at radius 3 is 2.56 bits per heavy atom. The number of aliphatic hydroxyl groups excluding tert-OH is 1. The highest BCUT2D eigenvalue weighted by Crippen LogP contribution is 2.34. The molecule has 5 nitrogen and oxygen atoms in total. The number of nitrogens with zero attached hydrogens (tertiary/aromatic N) is 1. The van der Waals surface area contributed by atoms with Crippen LogP contribution < -0.4 is 10.6 Å². The average molecular weight is 502 g/mol. The van der Waals surface area contributed by atoms with E-state index in [9.17, 15) is 18.7 Å². The van der Waals surface area contributed by atoms with E-state index in [1.54, 1.807) is 0 Å². The van der Waals surface area contributed by atoms with Crippen LogP contribution in [0.2, 0.25) is 0 Å². The molecule has 1 fully saturated rings. The van der Waals surface area contributed by atoms with E-state index in [1.807, 2.05) is 11.8 Å². The number of halogens is 2. The van der Waals surface area contributed by atoms with Gasteiger partial charge in [-0.3, -0.25) is 0 Å².